The Bertz CT molecular complexity index is 2370. The highest BCUT2D eigenvalue weighted by atomic mass is 35.5. The van der Waals surface area contributed by atoms with E-state index in [0.29, 0.717) is 69.2 Å². The maximum Gasteiger partial charge on any atom is 0.230 e. The van der Waals surface area contributed by atoms with Crippen LogP contribution in [0.2, 0.25) is 10.0 Å². The Kier molecular flexibility index (Phi) is 13.4. The van der Waals surface area contributed by atoms with Crippen molar-refractivity contribution in [3.8, 4) is 34.8 Å². The zero-order chi connectivity index (χ0) is 40.6. The van der Waals surface area contributed by atoms with Crippen LogP contribution < -0.4 is 30.4 Å². The molecule has 6 aromatic rings. The molecule has 4 heterocycles. The minimum absolute atomic E-state index is 0.432. The van der Waals surface area contributed by atoms with Crippen molar-refractivity contribution >= 4 is 68.0 Å². The van der Waals surface area contributed by atoms with Gasteiger partial charge >= 0.3 is 0 Å². The van der Waals surface area contributed by atoms with Crippen LogP contribution in [0, 0.1) is 19.3 Å². The minimum atomic E-state index is 0.432. The number of benzene rings is 4. The molecule has 2 aromatic heterocycles. The van der Waals surface area contributed by atoms with Crippen LogP contribution in [0.1, 0.15) is 36.8 Å². The second kappa shape index (κ2) is 18.8. The third-order valence-corrected chi connectivity index (χ3v) is 11.2. The normalized spacial score (nSPS) is 14.8. The number of nitrogens with zero attached hydrogens (tertiary/aromatic N) is 5. The summed E-state index contributed by atoms with van der Waals surface area (Å²) in [6.07, 6.45) is 7.24. The molecule has 0 radical (unpaired) electrons. The van der Waals surface area contributed by atoms with Gasteiger partial charge in [0.25, 0.3) is 0 Å². The van der Waals surface area contributed by atoms with Gasteiger partial charge < -0.3 is 40.1 Å². The van der Waals surface area contributed by atoms with Crippen LogP contribution in [0.3, 0.4) is 0 Å². The van der Waals surface area contributed by atoms with Crippen LogP contribution in [-0.2, 0) is 4.74 Å². The minimum Gasteiger partial charge on any atom is -0.493 e. The number of anilines is 2. The van der Waals surface area contributed by atoms with Gasteiger partial charge in [0, 0.05) is 42.1 Å². The highest BCUT2D eigenvalue weighted by molar-refractivity contribution is 6.33. The maximum atomic E-state index is 6.12. The summed E-state index contributed by atoms with van der Waals surface area (Å²) >= 11 is 17.8. The molecule has 4 N–H and O–H groups in total. The molecule has 0 saturated carbocycles. The van der Waals surface area contributed by atoms with Gasteiger partial charge in [0.2, 0.25) is 11.8 Å². The largest absolute Gasteiger partial charge is 0.493 e. The van der Waals surface area contributed by atoms with Crippen LogP contribution in [0.15, 0.2) is 73.3 Å². The van der Waals surface area contributed by atoms with Crippen molar-refractivity contribution < 1.29 is 23.7 Å². The molecular weight excluding hydrogens is 801 g/mol. The maximum absolute atomic E-state index is 6.12. The van der Waals surface area contributed by atoms with E-state index in [1.165, 1.54) is 25.5 Å². The zero-order valence-corrected chi connectivity index (χ0v) is 34.7. The molecule has 2 fully saturated rings. The van der Waals surface area contributed by atoms with Gasteiger partial charge in [0.05, 0.1) is 69.7 Å². The van der Waals surface area contributed by atoms with E-state index in [2.05, 4.69) is 24.8 Å². The summed E-state index contributed by atoms with van der Waals surface area (Å²) in [5.74, 6) is 4.22. The van der Waals surface area contributed by atoms with Crippen molar-refractivity contribution in [1.29, 1.82) is 0 Å². The summed E-state index contributed by atoms with van der Waals surface area (Å²) in [6, 6.07) is 18.0. The molecule has 15 heteroatoms. The Labute approximate surface area is 352 Å². The monoisotopic (exact) mass is 845 g/mol. The fraction of sp³-hybridized carbons (Fsp3) is 0.349. The molecule has 8 rings (SSSR count). The molecule has 58 heavy (non-hydrogen) atoms. The van der Waals surface area contributed by atoms with E-state index in [4.69, 9.17) is 70.0 Å². The van der Waals surface area contributed by atoms with Gasteiger partial charge in [0.1, 0.15) is 35.7 Å². The third kappa shape index (κ3) is 10.0. The molecule has 4 aromatic carbocycles. The first-order chi connectivity index (χ1) is 28.1. The van der Waals surface area contributed by atoms with Crippen LogP contribution in [0.5, 0.6) is 34.8 Å². The van der Waals surface area contributed by atoms with Crippen molar-refractivity contribution in [2.45, 2.75) is 39.5 Å². The lowest BCUT2D eigenvalue weighted by Crippen LogP contribution is -2.51. The lowest BCUT2D eigenvalue weighted by molar-refractivity contribution is -0.139. The van der Waals surface area contributed by atoms with Gasteiger partial charge in [-0.25, -0.2) is 19.9 Å². The fourth-order valence-corrected chi connectivity index (χ4v) is 7.26. The van der Waals surface area contributed by atoms with Gasteiger partial charge in [-0.05, 0) is 100 Å². The second-order valence-corrected chi connectivity index (χ2v) is 15.8. The van der Waals surface area contributed by atoms with Gasteiger partial charge in [-0.15, -0.1) is 11.6 Å². The number of rotatable bonds is 13. The van der Waals surface area contributed by atoms with E-state index in [-0.39, 0.29) is 0 Å². The van der Waals surface area contributed by atoms with E-state index >= 15 is 0 Å². The van der Waals surface area contributed by atoms with Crippen molar-refractivity contribution in [1.82, 2.24) is 24.8 Å². The van der Waals surface area contributed by atoms with E-state index < -0.39 is 0 Å². The summed E-state index contributed by atoms with van der Waals surface area (Å²) in [5.41, 5.74) is 16.5. The quantitative estimate of drug-likeness (QED) is 0.0646. The molecule has 0 aliphatic carbocycles. The lowest BCUT2D eigenvalue weighted by atomic mass is 9.77. The number of alkyl halides is 1. The number of fused-ring (bicyclic) bond motifs is 2. The summed E-state index contributed by atoms with van der Waals surface area (Å²) in [6.45, 7) is 10.5. The van der Waals surface area contributed by atoms with Crippen LogP contribution in [0.4, 0.5) is 11.4 Å². The summed E-state index contributed by atoms with van der Waals surface area (Å²) in [7, 11) is 0. The Morgan fingerprint density at radius 2 is 1.19 bits per heavy atom. The molecule has 12 nitrogen and oxygen atoms in total. The van der Waals surface area contributed by atoms with E-state index in [0.717, 1.165) is 90.1 Å². The van der Waals surface area contributed by atoms with Crippen LogP contribution in [-0.4, -0.2) is 76.8 Å². The smallest absolute Gasteiger partial charge is 0.230 e. The Hall–Kier alpha value is -4.85. The van der Waals surface area contributed by atoms with Gasteiger partial charge in [-0.2, -0.15) is 0 Å². The van der Waals surface area contributed by atoms with Crippen molar-refractivity contribution in [2.24, 2.45) is 5.41 Å². The molecular formula is C43H46Cl3N7O5. The number of aryl methyl sites for hydroxylation is 2. The van der Waals surface area contributed by atoms with Crippen molar-refractivity contribution in [2.75, 3.05) is 63.4 Å². The average molecular weight is 847 g/mol. The summed E-state index contributed by atoms with van der Waals surface area (Å²) < 4.78 is 29.1. The summed E-state index contributed by atoms with van der Waals surface area (Å²) in [4.78, 5) is 19.8. The lowest BCUT2D eigenvalue weighted by Gasteiger charge is -2.47. The number of likely N-dealkylation sites (tertiary alicyclic amines) is 1. The molecule has 2 aliphatic rings. The standard InChI is InChI=1S/C25H29ClN4O3.C18H17Cl2N3O2/c1-17-11-19-22(28-16-29-24(19)33-18-3-4-21(27)20(26)12-18)13-23(17)32-10-2-7-30-8-5-25(6-9-30)14-31-15-25;1-11-7-13-16(9-17(11)24-6-2-5-19)22-10-23-18(13)25-12-3-4-15(21)14(20)8-12/h3-4,11-13,16H,2,5-10,14-15,27H2,1H3;3-4,7-10H,2,5-6,21H2,1H3. The van der Waals surface area contributed by atoms with Gasteiger partial charge in [-0.3, -0.25) is 0 Å². The predicted molar refractivity (Wildman–Crippen MR) is 230 cm³/mol. The average Bonchev–Trinajstić information content (AvgIpc) is 3.20. The zero-order valence-electron chi connectivity index (χ0n) is 32.5. The molecule has 0 atom stereocenters. The predicted octanol–water partition coefficient (Wildman–Crippen LogP) is 9.82. The topological polar surface area (TPSA) is 153 Å². The first-order valence-corrected chi connectivity index (χ1v) is 20.5. The second-order valence-electron chi connectivity index (χ2n) is 14.6. The van der Waals surface area contributed by atoms with E-state index in [9.17, 15) is 0 Å². The van der Waals surface area contributed by atoms with Gasteiger partial charge in [-0.1, -0.05) is 23.2 Å². The number of hydrogen-bond donors (Lipinski definition) is 2. The highest BCUT2D eigenvalue weighted by Crippen LogP contribution is 2.39. The molecule has 2 aliphatic heterocycles. The Balaban J connectivity index is 0.000000184. The SMILES string of the molecule is Cc1cc2c(Oc3ccc(N)c(Cl)c3)ncnc2cc1OCCCCl.Cc1cc2c(Oc3ccc(N)c(Cl)c3)ncnc2cc1OCCCN1CCC2(CC1)COC2. The molecule has 0 unspecified atom stereocenters. The van der Waals surface area contributed by atoms with Gasteiger partial charge in [0.15, 0.2) is 0 Å². The number of nitrogen functional groups attached to an aromatic ring is 2. The number of ether oxygens (including phenoxy) is 5. The van der Waals surface area contributed by atoms with Crippen molar-refractivity contribution in [3.05, 3.63) is 94.5 Å². The van der Waals surface area contributed by atoms with Crippen LogP contribution in [0.25, 0.3) is 21.8 Å². The number of piperidine rings is 1. The molecule has 0 amide bonds. The number of nitrogens with two attached hydrogens (primary N) is 2. The summed E-state index contributed by atoms with van der Waals surface area (Å²) in [5, 5.41) is 2.48. The fourth-order valence-electron chi connectivity index (χ4n) is 6.81. The van der Waals surface area contributed by atoms with Crippen LogP contribution >= 0.6 is 34.8 Å². The molecule has 2 saturated heterocycles. The molecule has 1 spiro atoms. The van der Waals surface area contributed by atoms with E-state index in [1.807, 2.05) is 38.1 Å². The molecule has 304 valence electrons. The van der Waals surface area contributed by atoms with E-state index in [1.54, 1.807) is 36.4 Å². The third-order valence-electron chi connectivity index (χ3n) is 10.3. The first-order valence-electron chi connectivity index (χ1n) is 19.2. The number of aromatic nitrogens is 4. The number of hydrogen-bond acceptors (Lipinski definition) is 12. The highest BCUT2D eigenvalue weighted by Gasteiger charge is 2.40. The first kappa shape index (κ1) is 41.3. The molecule has 0 bridgehead atoms. The number of halogens is 3. The Morgan fingerprint density at radius 3 is 1.64 bits per heavy atom. The Morgan fingerprint density at radius 1 is 0.690 bits per heavy atom. The van der Waals surface area contributed by atoms with Crippen molar-refractivity contribution in [3.63, 3.8) is 0 Å².